The van der Waals surface area contributed by atoms with E-state index >= 15 is 0 Å². The van der Waals surface area contributed by atoms with Gasteiger partial charge < -0.3 is 14.0 Å². The number of aromatic nitrogens is 2. The van der Waals surface area contributed by atoms with Crippen LogP contribution in [0.1, 0.15) is 41.5 Å². The lowest BCUT2D eigenvalue weighted by Crippen LogP contribution is -2.06. The van der Waals surface area contributed by atoms with Gasteiger partial charge in [-0.05, 0) is 23.6 Å². The molecule has 0 atom stereocenters. The normalized spacial score (nSPS) is 10.9. The van der Waals surface area contributed by atoms with E-state index in [4.69, 9.17) is 14.0 Å². The van der Waals surface area contributed by atoms with Gasteiger partial charge in [0.1, 0.15) is 0 Å². The van der Waals surface area contributed by atoms with Crippen LogP contribution in [-0.2, 0) is 29.1 Å². The van der Waals surface area contributed by atoms with Crippen LogP contribution in [0.4, 0.5) is 0 Å². The lowest BCUT2D eigenvalue weighted by molar-refractivity contribution is 0.0429. The van der Waals surface area contributed by atoms with Crippen molar-refractivity contribution in [2.45, 2.75) is 33.5 Å². The fourth-order valence-electron chi connectivity index (χ4n) is 1.96. The van der Waals surface area contributed by atoms with Crippen LogP contribution in [-0.4, -0.2) is 23.2 Å². The molecule has 0 saturated carbocycles. The highest BCUT2D eigenvalue weighted by Crippen LogP contribution is 2.10. The van der Waals surface area contributed by atoms with Crippen molar-refractivity contribution < 1.29 is 18.8 Å². The summed E-state index contributed by atoms with van der Waals surface area (Å²) in [5, 5.41) is 3.85. The topological polar surface area (TPSA) is 74.5 Å². The molecule has 1 aromatic heterocycles. The molecule has 1 aromatic carbocycles. The number of ether oxygens (including phenoxy) is 2. The van der Waals surface area contributed by atoms with Crippen LogP contribution in [0.2, 0.25) is 0 Å². The number of nitrogens with zero attached hydrogens (tertiary/aromatic N) is 2. The lowest BCUT2D eigenvalue weighted by atomic mass is 10.1. The molecule has 6 heteroatoms. The molecule has 0 aliphatic rings. The standard InChI is InChI=1S/C16H20N2O4/c1-11(2)7-14-17-15(22-18-14)10-21-16(19)13-6-4-5-12(8-13)9-20-3/h4-6,8,11H,7,9-10H2,1-3H3. The van der Waals surface area contributed by atoms with E-state index in [0.717, 1.165) is 12.0 Å². The van der Waals surface area contributed by atoms with Crippen molar-refractivity contribution >= 4 is 5.97 Å². The molecule has 0 radical (unpaired) electrons. The highest BCUT2D eigenvalue weighted by atomic mass is 16.6. The Morgan fingerprint density at radius 3 is 2.86 bits per heavy atom. The van der Waals surface area contributed by atoms with E-state index in [1.165, 1.54) is 0 Å². The molecular formula is C16H20N2O4. The van der Waals surface area contributed by atoms with E-state index in [2.05, 4.69) is 24.0 Å². The van der Waals surface area contributed by atoms with Crippen LogP contribution >= 0.6 is 0 Å². The fraction of sp³-hybridized carbons (Fsp3) is 0.438. The third kappa shape index (κ3) is 4.66. The van der Waals surface area contributed by atoms with E-state index in [1.54, 1.807) is 25.3 Å². The molecule has 0 N–H and O–H groups in total. The van der Waals surface area contributed by atoms with Gasteiger partial charge in [0.25, 0.3) is 5.89 Å². The van der Waals surface area contributed by atoms with Crippen molar-refractivity contribution in [1.82, 2.24) is 10.1 Å². The largest absolute Gasteiger partial charge is 0.452 e. The number of methoxy groups -OCH3 is 1. The summed E-state index contributed by atoms with van der Waals surface area (Å²) in [5.74, 6) is 0.943. The molecule has 0 amide bonds. The molecule has 2 rings (SSSR count). The second-order valence-corrected chi connectivity index (χ2v) is 5.41. The van der Waals surface area contributed by atoms with E-state index in [9.17, 15) is 4.79 Å². The summed E-state index contributed by atoms with van der Waals surface area (Å²) in [7, 11) is 1.61. The predicted molar refractivity (Wildman–Crippen MR) is 79.1 cm³/mol. The molecule has 118 valence electrons. The average Bonchev–Trinajstić information content (AvgIpc) is 2.92. The van der Waals surface area contributed by atoms with Crippen LogP contribution < -0.4 is 0 Å². The van der Waals surface area contributed by atoms with Crippen LogP contribution in [0.15, 0.2) is 28.8 Å². The molecule has 22 heavy (non-hydrogen) atoms. The fourth-order valence-corrected chi connectivity index (χ4v) is 1.96. The van der Waals surface area contributed by atoms with Crippen molar-refractivity contribution in [2.24, 2.45) is 5.92 Å². The zero-order valence-corrected chi connectivity index (χ0v) is 13.0. The molecule has 6 nitrogen and oxygen atoms in total. The minimum Gasteiger partial charge on any atom is -0.452 e. The van der Waals surface area contributed by atoms with Gasteiger partial charge in [0.15, 0.2) is 12.4 Å². The first-order valence-electron chi connectivity index (χ1n) is 7.15. The van der Waals surface area contributed by atoms with Crippen LogP contribution in [0.5, 0.6) is 0 Å². The Kier molecular flexibility index (Phi) is 5.66. The average molecular weight is 304 g/mol. The van der Waals surface area contributed by atoms with Gasteiger partial charge in [-0.25, -0.2) is 4.79 Å². The molecular weight excluding hydrogens is 284 g/mol. The van der Waals surface area contributed by atoms with Gasteiger partial charge in [-0.15, -0.1) is 0 Å². The van der Waals surface area contributed by atoms with Crippen molar-refractivity contribution in [3.8, 4) is 0 Å². The Balaban J connectivity index is 1.92. The second-order valence-electron chi connectivity index (χ2n) is 5.41. The van der Waals surface area contributed by atoms with Crippen molar-refractivity contribution in [2.75, 3.05) is 7.11 Å². The SMILES string of the molecule is COCc1cccc(C(=O)OCc2nc(CC(C)C)no2)c1. The molecule has 0 spiro atoms. The zero-order valence-electron chi connectivity index (χ0n) is 13.0. The summed E-state index contributed by atoms with van der Waals surface area (Å²) in [6.45, 7) is 4.56. The summed E-state index contributed by atoms with van der Waals surface area (Å²) in [5.41, 5.74) is 1.38. The van der Waals surface area contributed by atoms with Crippen LogP contribution in [0.3, 0.4) is 0 Å². The number of benzene rings is 1. The minimum atomic E-state index is -0.429. The molecule has 0 aliphatic heterocycles. The van der Waals surface area contributed by atoms with Gasteiger partial charge in [0.2, 0.25) is 0 Å². The number of rotatable bonds is 7. The number of carbonyl (C=O) groups excluding carboxylic acids is 1. The highest BCUT2D eigenvalue weighted by molar-refractivity contribution is 5.89. The first kappa shape index (κ1) is 16.2. The minimum absolute atomic E-state index is 0.0293. The Hall–Kier alpha value is -2.21. The third-order valence-electron chi connectivity index (χ3n) is 2.90. The maximum Gasteiger partial charge on any atom is 0.338 e. The van der Waals surface area contributed by atoms with Gasteiger partial charge in [-0.1, -0.05) is 31.1 Å². The lowest BCUT2D eigenvalue weighted by Gasteiger charge is -2.04. The van der Waals surface area contributed by atoms with Gasteiger partial charge >= 0.3 is 5.97 Å². The predicted octanol–water partition coefficient (Wildman–Crippen LogP) is 2.77. The zero-order chi connectivity index (χ0) is 15.9. The summed E-state index contributed by atoms with van der Waals surface area (Å²) in [4.78, 5) is 16.2. The maximum atomic E-state index is 12.0. The first-order valence-corrected chi connectivity index (χ1v) is 7.15. The third-order valence-corrected chi connectivity index (χ3v) is 2.90. The van der Waals surface area contributed by atoms with Crippen molar-refractivity contribution in [3.63, 3.8) is 0 Å². The summed E-state index contributed by atoms with van der Waals surface area (Å²) < 4.78 is 15.3. The van der Waals surface area contributed by atoms with Crippen molar-refractivity contribution in [3.05, 3.63) is 47.1 Å². The van der Waals surface area contributed by atoms with Gasteiger partial charge in [-0.3, -0.25) is 0 Å². The summed E-state index contributed by atoms with van der Waals surface area (Å²) in [6, 6.07) is 7.11. The molecule has 0 unspecified atom stereocenters. The van der Waals surface area contributed by atoms with E-state index in [0.29, 0.717) is 29.8 Å². The molecule has 0 bridgehead atoms. The van der Waals surface area contributed by atoms with Crippen molar-refractivity contribution in [1.29, 1.82) is 0 Å². The van der Waals surface area contributed by atoms with Gasteiger partial charge in [0, 0.05) is 13.5 Å². The Bertz CT molecular complexity index is 622. The summed E-state index contributed by atoms with van der Waals surface area (Å²) in [6.07, 6.45) is 0.733. The number of esters is 1. The van der Waals surface area contributed by atoms with E-state index in [-0.39, 0.29) is 6.61 Å². The quantitative estimate of drug-likeness (QED) is 0.732. The van der Waals surface area contributed by atoms with E-state index < -0.39 is 5.97 Å². The van der Waals surface area contributed by atoms with Crippen LogP contribution in [0.25, 0.3) is 0 Å². The Labute approximate surface area is 129 Å². The number of hydrogen-bond acceptors (Lipinski definition) is 6. The monoisotopic (exact) mass is 304 g/mol. The molecule has 2 aromatic rings. The van der Waals surface area contributed by atoms with E-state index in [1.807, 2.05) is 6.07 Å². The Morgan fingerprint density at radius 1 is 1.32 bits per heavy atom. The molecule has 0 saturated heterocycles. The Morgan fingerprint density at radius 2 is 2.14 bits per heavy atom. The van der Waals surface area contributed by atoms with Gasteiger partial charge in [-0.2, -0.15) is 4.98 Å². The number of carbonyl (C=O) groups is 1. The second kappa shape index (κ2) is 7.70. The number of hydrogen-bond donors (Lipinski definition) is 0. The maximum absolute atomic E-state index is 12.0. The van der Waals surface area contributed by atoms with Gasteiger partial charge in [0.05, 0.1) is 12.2 Å². The molecule has 0 aliphatic carbocycles. The van der Waals surface area contributed by atoms with Crippen LogP contribution in [0, 0.1) is 5.92 Å². The smallest absolute Gasteiger partial charge is 0.338 e. The highest BCUT2D eigenvalue weighted by Gasteiger charge is 2.12. The first-order chi connectivity index (χ1) is 10.6. The molecule has 1 heterocycles. The molecule has 0 fully saturated rings. The summed E-state index contributed by atoms with van der Waals surface area (Å²) >= 11 is 0.